The summed E-state index contributed by atoms with van der Waals surface area (Å²) in [5, 5.41) is 14.5. The van der Waals surface area contributed by atoms with E-state index in [1.54, 1.807) is 54.6 Å². The molecule has 0 fully saturated rings. The average Bonchev–Trinajstić information content (AvgIpc) is 2.70. The minimum Gasteiger partial charge on any atom is -0.322 e. The first-order valence-corrected chi connectivity index (χ1v) is 8.70. The molecule has 0 aliphatic rings. The van der Waals surface area contributed by atoms with E-state index in [1.807, 2.05) is 13.0 Å². The molecule has 0 atom stereocenters. The topological polar surface area (TPSA) is 94.9 Å². The predicted octanol–water partition coefficient (Wildman–Crippen LogP) is 4.42. The molecule has 2 aromatic carbocycles. The first-order valence-electron chi connectivity index (χ1n) is 8.32. The Morgan fingerprint density at radius 3 is 2.46 bits per heavy atom. The van der Waals surface area contributed by atoms with E-state index < -0.39 is 5.91 Å². The number of hydrogen-bond donors (Lipinski definition) is 2. The number of rotatable bonds is 4. The van der Waals surface area contributed by atoms with E-state index in [4.69, 9.17) is 16.9 Å². The number of halogens is 1. The summed E-state index contributed by atoms with van der Waals surface area (Å²) in [5.41, 5.74) is 3.05. The Hall–Kier alpha value is -3.69. The van der Waals surface area contributed by atoms with E-state index in [-0.39, 0.29) is 16.6 Å². The normalized spacial score (nSPS) is 10.0. The van der Waals surface area contributed by atoms with Crippen LogP contribution in [-0.2, 0) is 0 Å². The maximum atomic E-state index is 12.5. The van der Waals surface area contributed by atoms with E-state index in [2.05, 4.69) is 15.6 Å². The lowest BCUT2D eigenvalue weighted by molar-refractivity contribution is 0.101. The number of carbonyl (C=O) groups is 2. The number of amides is 2. The van der Waals surface area contributed by atoms with Crippen molar-refractivity contribution in [3.8, 4) is 6.07 Å². The Morgan fingerprint density at radius 2 is 1.79 bits per heavy atom. The minimum atomic E-state index is -0.392. The lowest BCUT2D eigenvalue weighted by Gasteiger charge is -2.12. The van der Waals surface area contributed by atoms with Crippen LogP contribution in [0.1, 0.15) is 31.8 Å². The van der Waals surface area contributed by atoms with Crippen LogP contribution in [0.3, 0.4) is 0 Å². The quantitative estimate of drug-likeness (QED) is 0.644. The van der Waals surface area contributed by atoms with Gasteiger partial charge in [-0.2, -0.15) is 5.26 Å². The molecule has 2 N–H and O–H groups in total. The van der Waals surface area contributed by atoms with Crippen LogP contribution < -0.4 is 10.6 Å². The maximum Gasteiger partial charge on any atom is 0.258 e. The molecular formula is C21H15ClN4O2. The first-order chi connectivity index (χ1) is 13.5. The number of hydrogen-bond acceptors (Lipinski definition) is 4. The second-order valence-corrected chi connectivity index (χ2v) is 6.33. The third-order valence-corrected chi connectivity index (χ3v) is 4.32. The van der Waals surface area contributed by atoms with Gasteiger partial charge in [-0.25, -0.2) is 4.98 Å². The molecule has 0 saturated heterocycles. The third kappa shape index (κ3) is 4.34. The van der Waals surface area contributed by atoms with Crippen molar-refractivity contribution in [2.24, 2.45) is 0 Å². The molecule has 0 unspecified atom stereocenters. The molecule has 28 heavy (non-hydrogen) atoms. The molecule has 7 heteroatoms. The van der Waals surface area contributed by atoms with Gasteiger partial charge in [0, 0.05) is 23.1 Å². The van der Waals surface area contributed by atoms with Gasteiger partial charge < -0.3 is 10.6 Å². The van der Waals surface area contributed by atoms with Crippen LogP contribution in [0.2, 0.25) is 5.15 Å². The molecule has 0 bridgehead atoms. The van der Waals surface area contributed by atoms with Crippen molar-refractivity contribution in [1.82, 2.24) is 4.98 Å². The smallest absolute Gasteiger partial charge is 0.258 e. The van der Waals surface area contributed by atoms with Crippen molar-refractivity contribution in [1.29, 1.82) is 5.26 Å². The van der Waals surface area contributed by atoms with Crippen molar-refractivity contribution in [2.75, 3.05) is 10.6 Å². The summed E-state index contributed by atoms with van der Waals surface area (Å²) in [4.78, 5) is 28.7. The standard InChI is InChI=1S/C21H15ClN4O2/c1-13-4-9-16(25-20(27)15-7-5-14(12-23)6-8-15)11-18(13)26-21(28)17-3-2-10-24-19(17)22/h2-11H,1H3,(H,25,27)(H,26,28). The number of pyridine rings is 1. The Kier molecular flexibility index (Phi) is 5.68. The SMILES string of the molecule is Cc1ccc(NC(=O)c2ccc(C#N)cc2)cc1NC(=O)c1cccnc1Cl. The molecule has 1 aromatic heterocycles. The van der Waals surface area contributed by atoms with Gasteiger partial charge in [-0.1, -0.05) is 17.7 Å². The first kappa shape index (κ1) is 19.1. The molecule has 0 spiro atoms. The van der Waals surface area contributed by atoms with Crippen molar-refractivity contribution in [3.05, 3.63) is 88.2 Å². The van der Waals surface area contributed by atoms with Crippen molar-refractivity contribution in [2.45, 2.75) is 6.92 Å². The fraction of sp³-hybridized carbons (Fsp3) is 0.0476. The van der Waals surface area contributed by atoms with Crippen LogP contribution in [0.25, 0.3) is 0 Å². The largest absolute Gasteiger partial charge is 0.322 e. The zero-order chi connectivity index (χ0) is 20.1. The fourth-order valence-electron chi connectivity index (χ4n) is 2.48. The lowest BCUT2D eigenvalue weighted by atomic mass is 10.1. The Bertz CT molecular complexity index is 1090. The molecule has 0 saturated carbocycles. The molecule has 1 heterocycles. The highest BCUT2D eigenvalue weighted by Crippen LogP contribution is 2.23. The summed E-state index contributed by atoms with van der Waals surface area (Å²) >= 11 is 5.97. The Labute approximate surface area is 166 Å². The lowest BCUT2D eigenvalue weighted by Crippen LogP contribution is -2.15. The summed E-state index contributed by atoms with van der Waals surface area (Å²) < 4.78 is 0. The summed E-state index contributed by atoms with van der Waals surface area (Å²) in [6.45, 7) is 1.84. The molecule has 0 aliphatic carbocycles. The number of nitrogens with zero attached hydrogens (tertiary/aromatic N) is 2. The molecule has 3 aromatic rings. The van der Waals surface area contributed by atoms with Crippen LogP contribution in [0.5, 0.6) is 0 Å². The van der Waals surface area contributed by atoms with Gasteiger partial charge >= 0.3 is 0 Å². The fourth-order valence-corrected chi connectivity index (χ4v) is 2.68. The molecule has 2 amide bonds. The van der Waals surface area contributed by atoms with Crippen molar-refractivity contribution < 1.29 is 9.59 Å². The molecule has 3 rings (SSSR count). The number of anilines is 2. The van der Waals surface area contributed by atoms with Gasteiger partial charge in [-0.3, -0.25) is 9.59 Å². The van der Waals surface area contributed by atoms with Crippen molar-refractivity contribution >= 4 is 34.8 Å². The van der Waals surface area contributed by atoms with E-state index in [0.717, 1.165) is 5.56 Å². The van der Waals surface area contributed by atoms with Gasteiger partial charge in [0.2, 0.25) is 0 Å². The van der Waals surface area contributed by atoms with Crippen LogP contribution in [-0.4, -0.2) is 16.8 Å². The summed E-state index contributed by atoms with van der Waals surface area (Å²) in [6.07, 6.45) is 1.50. The van der Waals surface area contributed by atoms with Gasteiger partial charge in [0.05, 0.1) is 17.2 Å². The number of nitriles is 1. The molecule has 6 nitrogen and oxygen atoms in total. The van der Waals surface area contributed by atoms with E-state index in [9.17, 15) is 9.59 Å². The van der Waals surface area contributed by atoms with E-state index >= 15 is 0 Å². The average molecular weight is 391 g/mol. The second kappa shape index (κ2) is 8.33. The Balaban J connectivity index is 1.77. The molecule has 0 radical (unpaired) electrons. The Morgan fingerprint density at radius 1 is 1.04 bits per heavy atom. The highest BCUT2D eigenvalue weighted by molar-refractivity contribution is 6.33. The van der Waals surface area contributed by atoms with E-state index in [1.165, 1.54) is 6.20 Å². The molecule has 0 aliphatic heterocycles. The summed E-state index contributed by atoms with van der Waals surface area (Å²) in [5.74, 6) is -0.710. The number of aromatic nitrogens is 1. The van der Waals surface area contributed by atoms with Gasteiger partial charge in [0.25, 0.3) is 11.8 Å². The van der Waals surface area contributed by atoms with Crippen LogP contribution in [0.4, 0.5) is 11.4 Å². The monoisotopic (exact) mass is 390 g/mol. The van der Waals surface area contributed by atoms with Crippen molar-refractivity contribution in [3.63, 3.8) is 0 Å². The number of nitrogens with one attached hydrogen (secondary N) is 2. The van der Waals surface area contributed by atoms with Gasteiger partial charge in [0.15, 0.2) is 0 Å². The summed E-state index contributed by atoms with van der Waals surface area (Å²) in [7, 11) is 0. The zero-order valence-corrected chi connectivity index (χ0v) is 15.6. The van der Waals surface area contributed by atoms with Gasteiger partial charge in [-0.05, 0) is 61.0 Å². The summed E-state index contributed by atoms with van der Waals surface area (Å²) in [6, 6.07) is 16.7. The number of aryl methyl sites for hydroxylation is 1. The van der Waals surface area contributed by atoms with Gasteiger partial charge in [0.1, 0.15) is 5.15 Å². The highest BCUT2D eigenvalue weighted by atomic mass is 35.5. The predicted molar refractivity (Wildman–Crippen MR) is 107 cm³/mol. The zero-order valence-electron chi connectivity index (χ0n) is 14.9. The third-order valence-electron chi connectivity index (χ3n) is 4.02. The number of benzene rings is 2. The van der Waals surface area contributed by atoms with Gasteiger partial charge in [-0.15, -0.1) is 0 Å². The van der Waals surface area contributed by atoms with Crippen LogP contribution in [0.15, 0.2) is 60.8 Å². The minimum absolute atomic E-state index is 0.114. The number of carbonyl (C=O) groups excluding carboxylic acids is 2. The maximum absolute atomic E-state index is 12.5. The molecular weight excluding hydrogens is 376 g/mol. The highest BCUT2D eigenvalue weighted by Gasteiger charge is 2.13. The molecule has 138 valence electrons. The van der Waals surface area contributed by atoms with Crippen LogP contribution >= 0.6 is 11.6 Å². The van der Waals surface area contributed by atoms with Crippen LogP contribution in [0, 0.1) is 18.3 Å². The van der Waals surface area contributed by atoms with E-state index in [0.29, 0.717) is 22.5 Å². The second-order valence-electron chi connectivity index (χ2n) is 5.97.